The SMILES string of the molecule is COCc1cccc(C(=O)OCc2nc3ccccc3o2)c1. The first kappa shape index (κ1) is 14.3. The molecule has 0 N–H and O–H groups in total. The molecule has 0 aliphatic carbocycles. The summed E-state index contributed by atoms with van der Waals surface area (Å²) in [7, 11) is 1.61. The third-order valence-corrected chi connectivity index (χ3v) is 3.14. The fourth-order valence-corrected chi connectivity index (χ4v) is 2.15. The number of oxazole rings is 1. The second-order valence-electron chi connectivity index (χ2n) is 4.78. The Hall–Kier alpha value is -2.66. The molecular weight excluding hydrogens is 282 g/mol. The summed E-state index contributed by atoms with van der Waals surface area (Å²) in [5.74, 6) is -0.0391. The van der Waals surface area contributed by atoms with Gasteiger partial charge in [0.15, 0.2) is 12.2 Å². The highest BCUT2D eigenvalue weighted by molar-refractivity contribution is 5.89. The summed E-state index contributed by atoms with van der Waals surface area (Å²) in [4.78, 5) is 16.3. The van der Waals surface area contributed by atoms with E-state index in [9.17, 15) is 4.79 Å². The lowest BCUT2D eigenvalue weighted by Gasteiger charge is -2.04. The van der Waals surface area contributed by atoms with E-state index in [-0.39, 0.29) is 6.61 Å². The van der Waals surface area contributed by atoms with Crippen molar-refractivity contribution in [3.05, 3.63) is 65.5 Å². The van der Waals surface area contributed by atoms with Crippen molar-refractivity contribution in [1.82, 2.24) is 4.98 Å². The van der Waals surface area contributed by atoms with Gasteiger partial charge in [-0.15, -0.1) is 0 Å². The van der Waals surface area contributed by atoms with E-state index in [0.29, 0.717) is 23.6 Å². The van der Waals surface area contributed by atoms with Crippen molar-refractivity contribution >= 4 is 17.1 Å². The van der Waals surface area contributed by atoms with Crippen molar-refractivity contribution in [2.75, 3.05) is 7.11 Å². The molecule has 1 aromatic heterocycles. The minimum absolute atomic E-state index is 0.00200. The van der Waals surface area contributed by atoms with E-state index >= 15 is 0 Å². The highest BCUT2D eigenvalue weighted by Crippen LogP contribution is 2.16. The Morgan fingerprint density at radius 1 is 1.14 bits per heavy atom. The molecule has 0 saturated carbocycles. The van der Waals surface area contributed by atoms with Crippen LogP contribution in [0.4, 0.5) is 0 Å². The molecule has 5 heteroatoms. The lowest BCUT2D eigenvalue weighted by molar-refractivity contribution is 0.0440. The molecule has 2 aromatic carbocycles. The van der Waals surface area contributed by atoms with Crippen LogP contribution < -0.4 is 0 Å². The predicted octanol–water partition coefficient (Wildman–Crippen LogP) is 3.33. The lowest BCUT2D eigenvalue weighted by Crippen LogP contribution is -2.06. The summed E-state index contributed by atoms with van der Waals surface area (Å²) in [6.45, 7) is 0.453. The molecule has 0 spiro atoms. The number of ether oxygens (including phenoxy) is 2. The van der Waals surface area contributed by atoms with E-state index in [4.69, 9.17) is 13.9 Å². The van der Waals surface area contributed by atoms with E-state index in [2.05, 4.69) is 4.98 Å². The molecular formula is C17H15NO4. The van der Waals surface area contributed by atoms with Gasteiger partial charge in [-0.3, -0.25) is 0 Å². The Morgan fingerprint density at radius 3 is 2.82 bits per heavy atom. The van der Waals surface area contributed by atoms with Crippen LogP contribution in [0.25, 0.3) is 11.1 Å². The highest BCUT2D eigenvalue weighted by Gasteiger charge is 2.11. The fraction of sp³-hybridized carbons (Fsp3) is 0.176. The maximum absolute atomic E-state index is 12.1. The Bertz CT molecular complexity index is 761. The number of carbonyl (C=O) groups is 1. The molecule has 0 amide bonds. The predicted molar refractivity (Wildman–Crippen MR) is 80.3 cm³/mol. The van der Waals surface area contributed by atoms with E-state index in [1.807, 2.05) is 30.3 Å². The van der Waals surface area contributed by atoms with Crippen LogP contribution in [0, 0.1) is 0 Å². The number of esters is 1. The summed E-state index contributed by atoms with van der Waals surface area (Å²) < 4.78 is 15.8. The van der Waals surface area contributed by atoms with Crippen LogP contribution in [-0.4, -0.2) is 18.1 Å². The van der Waals surface area contributed by atoms with Gasteiger partial charge in [-0.25, -0.2) is 9.78 Å². The van der Waals surface area contributed by atoms with Crippen LogP contribution in [0.5, 0.6) is 0 Å². The zero-order chi connectivity index (χ0) is 15.4. The maximum Gasteiger partial charge on any atom is 0.338 e. The van der Waals surface area contributed by atoms with Crippen molar-refractivity contribution in [3.8, 4) is 0 Å². The second-order valence-corrected chi connectivity index (χ2v) is 4.78. The maximum atomic E-state index is 12.1. The van der Waals surface area contributed by atoms with Crippen molar-refractivity contribution in [1.29, 1.82) is 0 Å². The van der Waals surface area contributed by atoms with Crippen LogP contribution in [-0.2, 0) is 22.7 Å². The fourth-order valence-electron chi connectivity index (χ4n) is 2.15. The number of nitrogens with zero attached hydrogens (tertiary/aromatic N) is 1. The van der Waals surface area contributed by atoms with Gasteiger partial charge in [0.25, 0.3) is 0 Å². The van der Waals surface area contributed by atoms with Gasteiger partial charge in [-0.05, 0) is 29.8 Å². The molecule has 5 nitrogen and oxygen atoms in total. The average Bonchev–Trinajstić information content (AvgIpc) is 2.96. The van der Waals surface area contributed by atoms with Crippen LogP contribution in [0.2, 0.25) is 0 Å². The average molecular weight is 297 g/mol. The van der Waals surface area contributed by atoms with E-state index < -0.39 is 5.97 Å². The van der Waals surface area contributed by atoms with E-state index in [0.717, 1.165) is 11.1 Å². The minimum atomic E-state index is -0.416. The summed E-state index contributed by atoms with van der Waals surface area (Å²) in [6.07, 6.45) is 0. The monoisotopic (exact) mass is 297 g/mol. The number of hydrogen-bond acceptors (Lipinski definition) is 5. The molecule has 0 aliphatic rings. The first-order valence-electron chi connectivity index (χ1n) is 6.86. The molecule has 3 aromatic rings. The second kappa shape index (κ2) is 6.41. The van der Waals surface area contributed by atoms with Gasteiger partial charge in [0.2, 0.25) is 5.89 Å². The molecule has 0 aliphatic heterocycles. The van der Waals surface area contributed by atoms with Crippen molar-refractivity contribution < 1.29 is 18.7 Å². The van der Waals surface area contributed by atoms with Gasteiger partial charge in [0.05, 0.1) is 12.2 Å². The Labute approximate surface area is 127 Å². The van der Waals surface area contributed by atoms with Crippen molar-refractivity contribution in [2.45, 2.75) is 13.2 Å². The minimum Gasteiger partial charge on any atom is -0.452 e. The molecule has 0 radical (unpaired) electrons. The largest absolute Gasteiger partial charge is 0.452 e. The van der Waals surface area contributed by atoms with Crippen LogP contribution in [0.15, 0.2) is 52.9 Å². The molecule has 22 heavy (non-hydrogen) atoms. The smallest absolute Gasteiger partial charge is 0.338 e. The molecule has 1 heterocycles. The summed E-state index contributed by atoms with van der Waals surface area (Å²) in [5.41, 5.74) is 2.82. The highest BCUT2D eigenvalue weighted by atomic mass is 16.5. The van der Waals surface area contributed by atoms with Crippen LogP contribution >= 0.6 is 0 Å². The number of aromatic nitrogens is 1. The van der Waals surface area contributed by atoms with Gasteiger partial charge in [-0.2, -0.15) is 0 Å². The molecule has 3 rings (SSSR count). The number of carbonyl (C=O) groups excluding carboxylic acids is 1. The Morgan fingerprint density at radius 2 is 2.00 bits per heavy atom. The number of methoxy groups -OCH3 is 1. The van der Waals surface area contributed by atoms with Gasteiger partial charge < -0.3 is 13.9 Å². The molecule has 0 unspecified atom stereocenters. The summed E-state index contributed by atoms with van der Waals surface area (Å²) in [5, 5.41) is 0. The molecule has 0 bridgehead atoms. The third kappa shape index (κ3) is 3.15. The van der Waals surface area contributed by atoms with Crippen molar-refractivity contribution in [3.63, 3.8) is 0 Å². The normalized spacial score (nSPS) is 10.8. The Kier molecular flexibility index (Phi) is 4.16. The summed E-state index contributed by atoms with van der Waals surface area (Å²) in [6, 6.07) is 14.5. The first-order valence-corrected chi connectivity index (χ1v) is 6.86. The number of benzene rings is 2. The molecule has 0 atom stereocenters. The van der Waals surface area contributed by atoms with Crippen LogP contribution in [0.1, 0.15) is 21.8 Å². The number of fused-ring (bicyclic) bond motifs is 1. The molecule has 0 fully saturated rings. The van der Waals surface area contributed by atoms with Crippen LogP contribution in [0.3, 0.4) is 0 Å². The molecule has 112 valence electrons. The lowest BCUT2D eigenvalue weighted by atomic mass is 10.1. The zero-order valence-electron chi connectivity index (χ0n) is 12.1. The van der Waals surface area contributed by atoms with Crippen molar-refractivity contribution in [2.24, 2.45) is 0 Å². The third-order valence-electron chi connectivity index (χ3n) is 3.14. The quantitative estimate of drug-likeness (QED) is 0.676. The standard InChI is InChI=1S/C17H15NO4/c1-20-10-12-5-4-6-13(9-12)17(19)21-11-16-18-14-7-2-3-8-15(14)22-16/h2-9H,10-11H2,1H3. The molecule has 0 saturated heterocycles. The van der Waals surface area contributed by atoms with Gasteiger partial charge in [0.1, 0.15) is 5.52 Å². The van der Waals surface area contributed by atoms with Gasteiger partial charge >= 0.3 is 5.97 Å². The van der Waals surface area contributed by atoms with Gasteiger partial charge in [-0.1, -0.05) is 24.3 Å². The topological polar surface area (TPSA) is 61.6 Å². The van der Waals surface area contributed by atoms with E-state index in [1.165, 1.54) is 0 Å². The number of hydrogen-bond donors (Lipinski definition) is 0. The van der Waals surface area contributed by atoms with E-state index in [1.54, 1.807) is 25.3 Å². The Balaban J connectivity index is 1.67. The number of para-hydroxylation sites is 2. The number of rotatable bonds is 5. The first-order chi connectivity index (χ1) is 10.8. The zero-order valence-corrected chi connectivity index (χ0v) is 12.1. The van der Waals surface area contributed by atoms with Gasteiger partial charge in [0, 0.05) is 7.11 Å². The summed E-state index contributed by atoms with van der Waals surface area (Å²) >= 11 is 0.